The van der Waals surface area contributed by atoms with Crippen LogP contribution in [0.25, 0.3) is 10.9 Å². The SMILES string of the molecule is CON(C)C(=O)[C@H](Cc1c[nH]c2ccccc12)NC(=O)OCc1ccccc1. The van der Waals surface area contributed by atoms with Crippen LogP contribution in [0.4, 0.5) is 4.79 Å². The molecule has 1 heterocycles. The van der Waals surface area contributed by atoms with Gasteiger partial charge >= 0.3 is 6.09 Å². The molecule has 3 rings (SSSR count). The number of benzene rings is 2. The van der Waals surface area contributed by atoms with Crippen LogP contribution in [0.15, 0.2) is 60.8 Å². The molecule has 146 valence electrons. The second-order valence-electron chi connectivity index (χ2n) is 6.34. The van der Waals surface area contributed by atoms with Crippen molar-refractivity contribution in [2.75, 3.05) is 14.2 Å². The Hall–Kier alpha value is -3.32. The highest BCUT2D eigenvalue weighted by atomic mass is 16.7. The zero-order valence-corrected chi connectivity index (χ0v) is 15.8. The van der Waals surface area contributed by atoms with Crippen LogP contribution in [0.1, 0.15) is 11.1 Å². The van der Waals surface area contributed by atoms with Gasteiger partial charge in [0.15, 0.2) is 0 Å². The number of hydrogen-bond acceptors (Lipinski definition) is 4. The number of carbonyl (C=O) groups excluding carboxylic acids is 2. The molecule has 0 aliphatic heterocycles. The summed E-state index contributed by atoms with van der Waals surface area (Å²) in [6.45, 7) is 0.126. The predicted molar refractivity (Wildman–Crippen MR) is 105 cm³/mol. The topological polar surface area (TPSA) is 83.7 Å². The van der Waals surface area contributed by atoms with Crippen LogP contribution in [0.2, 0.25) is 0 Å². The van der Waals surface area contributed by atoms with E-state index in [9.17, 15) is 9.59 Å². The Bertz CT molecular complexity index is 939. The van der Waals surface area contributed by atoms with Crippen LogP contribution in [-0.2, 0) is 27.4 Å². The molecular weight excluding hydrogens is 358 g/mol. The highest BCUT2D eigenvalue weighted by Crippen LogP contribution is 2.19. The summed E-state index contributed by atoms with van der Waals surface area (Å²) in [5.74, 6) is -0.371. The summed E-state index contributed by atoms with van der Waals surface area (Å²) in [6.07, 6.45) is 1.48. The average molecular weight is 381 g/mol. The van der Waals surface area contributed by atoms with Crippen LogP contribution in [-0.4, -0.2) is 42.2 Å². The lowest BCUT2D eigenvalue weighted by atomic mass is 10.0. The van der Waals surface area contributed by atoms with Crippen molar-refractivity contribution in [2.45, 2.75) is 19.1 Å². The van der Waals surface area contributed by atoms with Crippen LogP contribution in [0.5, 0.6) is 0 Å². The third kappa shape index (κ3) is 4.69. The van der Waals surface area contributed by atoms with E-state index in [4.69, 9.17) is 9.57 Å². The number of H-pyrrole nitrogens is 1. The van der Waals surface area contributed by atoms with E-state index >= 15 is 0 Å². The number of para-hydroxylation sites is 1. The van der Waals surface area contributed by atoms with Gasteiger partial charge in [-0.25, -0.2) is 9.86 Å². The Morgan fingerprint density at radius 2 is 1.82 bits per heavy atom. The van der Waals surface area contributed by atoms with Gasteiger partial charge in [0.2, 0.25) is 0 Å². The largest absolute Gasteiger partial charge is 0.445 e. The third-order valence-electron chi connectivity index (χ3n) is 4.49. The smallest absolute Gasteiger partial charge is 0.408 e. The molecule has 0 radical (unpaired) electrons. The first-order chi connectivity index (χ1) is 13.6. The Balaban J connectivity index is 1.71. The molecule has 0 saturated carbocycles. The molecule has 0 aliphatic carbocycles. The van der Waals surface area contributed by atoms with Gasteiger partial charge in [0.1, 0.15) is 12.6 Å². The number of aromatic amines is 1. The van der Waals surface area contributed by atoms with Crippen molar-refractivity contribution in [3.8, 4) is 0 Å². The number of nitrogens with zero attached hydrogens (tertiary/aromatic N) is 1. The minimum absolute atomic E-state index is 0.126. The summed E-state index contributed by atoms with van der Waals surface area (Å²) < 4.78 is 5.26. The first-order valence-electron chi connectivity index (χ1n) is 8.92. The number of aromatic nitrogens is 1. The standard InChI is InChI=1S/C21H23N3O4/c1-24(27-2)20(25)19(12-16-13-22-18-11-7-6-10-17(16)18)23-21(26)28-14-15-8-4-3-5-9-15/h3-11,13,19,22H,12,14H2,1-2H3,(H,23,26)/t19-/m0/s1. The van der Waals surface area contributed by atoms with Gasteiger partial charge < -0.3 is 15.0 Å². The maximum atomic E-state index is 12.7. The van der Waals surface area contributed by atoms with E-state index in [-0.39, 0.29) is 12.5 Å². The molecule has 1 atom stereocenters. The minimum Gasteiger partial charge on any atom is -0.445 e. The van der Waals surface area contributed by atoms with Crippen molar-refractivity contribution in [3.63, 3.8) is 0 Å². The summed E-state index contributed by atoms with van der Waals surface area (Å²) >= 11 is 0. The van der Waals surface area contributed by atoms with Gasteiger partial charge in [-0.2, -0.15) is 0 Å². The number of amides is 2. The molecule has 7 nitrogen and oxygen atoms in total. The molecule has 7 heteroatoms. The Labute approximate surface area is 163 Å². The lowest BCUT2D eigenvalue weighted by molar-refractivity contribution is -0.170. The fourth-order valence-electron chi connectivity index (χ4n) is 2.94. The molecule has 28 heavy (non-hydrogen) atoms. The molecule has 0 saturated heterocycles. The quantitative estimate of drug-likeness (QED) is 0.616. The highest BCUT2D eigenvalue weighted by molar-refractivity contribution is 5.87. The lowest BCUT2D eigenvalue weighted by Crippen LogP contribution is -2.48. The number of likely N-dealkylation sites (N-methyl/N-ethyl adjacent to an activating group) is 1. The first-order valence-corrected chi connectivity index (χ1v) is 8.92. The van der Waals surface area contributed by atoms with Crippen LogP contribution in [0.3, 0.4) is 0 Å². The average Bonchev–Trinajstić information content (AvgIpc) is 3.14. The fraction of sp³-hybridized carbons (Fsp3) is 0.238. The van der Waals surface area contributed by atoms with E-state index in [1.807, 2.05) is 60.8 Å². The molecule has 2 N–H and O–H groups in total. The van der Waals surface area contributed by atoms with Crippen LogP contribution in [0, 0.1) is 0 Å². The van der Waals surface area contributed by atoms with Crippen molar-refractivity contribution >= 4 is 22.9 Å². The number of ether oxygens (including phenoxy) is 1. The third-order valence-corrected chi connectivity index (χ3v) is 4.49. The molecule has 3 aromatic rings. The summed E-state index contributed by atoms with van der Waals surface area (Å²) in [7, 11) is 2.90. The van der Waals surface area contributed by atoms with Gasteiger partial charge in [-0.3, -0.25) is 9.63 Å². The maximum Gasteiger partial charge on any atom is 0.408 e. The van der Waals surface area contributed by atoms with Gasteiger partial charge in [0, 0.05) is 30.6 Å². The molecule has 2 amide bonds. The summed E-state index contributed by atoms with van der Waals surface area (Å²) in [5, 5.41) is 4.75. The van der Waals surface area contributed by atoms with Gasteiger partial charge in [-0.05, 0) is 17.2 Å². The molecule has 0 bridgehead atoms. The molecule has 0 unspecified atom stereocenters. The summed E-state index contributed by atoms with van der Waals surface area (Å²) in [4.78, 5) is 33.1. The first kappa shape index (κ1) is 19.4. The number of carbonyl (C=O) groups is 2. The van der Waals surface area contributed by atoms with E-state index in [1.54, 1.807) is 0 Å². The zero-order chi connectivity index (χ0) is 19.9. The number of alkyl carbamates (subject to hydrolysis) is 1. The number of fused-ring (bicyclic) bond motifs is 1. The second-order valence-corrected chi connectivity index (χ2v) is 6.34. The van der Waals surface area contributed by atoms with E-state index in [0.717, 1.165) is 27.1 Å². The minimum atomic E-state index is -0.826. The van der Waals surface area contributed by atoms with Crippen molar-refractivity contribution in [2.24, 2.45) is 0 Å². The molecule has 0 spiro atoms. The van der Waals surface area contributed by atoms with E-state index < -0.39 is 12.1 Å². The maximum absolute atomic E-state index is 12.7. The van der Waals surface area contributed by atoms with E-state index in [2.05, 4.69) is 10.3 Å². The molecule has 2 aromatic carbocycles. The van der Waals surface area contributed by atoms with Crippen molar-refractivity contribution in [3.05, 3.63) is 71.9 Å². The molecule has 0 fully saturated rings. The second kappa shape index (κ2) is 9.05. The lowest BCUT2D eigenvalue weighted by Gasteiger charge is -2.22. The van der Waals surface area contributed by atoms with Gasteiger partial charge in [0.25, 0.3) is 5.91 Å². The Morgan fingerprint density at radius 1 is 1.11 bits per heavy atom. The van der Waals surface area contributed by atoms with E-state index in [1.165, 1.54) is 14.2 Å². The highest BCUT2D eigenvalue weighted by Gasteiger charge is 2.26. The van der Waals surface area contributed by atoms with E-state index in [0.29, 0.717) is 6.42 Å². The normalized spacial score (nSPS) is 11.8. The molecule has 0 aliphatic rings. The van der Waals surface area contributed by atoms with Crippen LogP contribution < -0.4 is 5.32 Å². The fourth-order valence-corrected chi connectivity index (χ4v) is 2.94. The van der Waals surface area contributed by atoms with Gasteiger partial charge in [-0.15, -0.1) is 0 Å². The molecule has 1 aromatic heterocycles. The van der Waals surface area contributed by atoms with Crippen molar-refractivity contribution < 1.29 is 19.2 Å². The number of hydroxylamine groups is 2. The zero-order valence-electron chi connectivity index (χ0n) is 15.8. The monoisotopic (exact) mass is 381 g/mol. The van der Waals surface area contributed by atoms with Crippen molar-refractivity contribution in [1.82, 2.24) is 15.4 Å². The van der Waals surface area contributed by atoms with Gasteiger partial charge in [-0.1, -0.05) is 48.5 Å². The van der Waals surface area contributed by atoms with Gasteiger partial charge in [0.05, 0.1) is 7.11 Å². The summed E-state index contributed by atoms with van der Waals surface area (Å²) in [5.41, 5.74) is 2.75. The Morgan fingerprint density at radius 3 is 2.57 bits per heavy atom. The van der Waals surface area contributed by atoms with Crippen molar-refractivity contribution in [1.29, 1.82) is 0 Å². The Kier molecular flexibility index (Phi) is 6.29. The number of hydrogen-bond donors (Lipinski definition) is 2. The number of nitrogens with one attached hydrogen (secondary N) is 2. The van der Waals surface area contributed by atoms with Crippen LogP contribution >= 0.6 is 0 Å². The summed E-state index contributed by atoms with van der Waals surface area (Å²) in [6, 6.07) is 16.3. The number of rotatable bonds is 7. The predicted octanol–water partition coefficient (Wildman–Crippen LogP) is 3.03. The molecular formula is C21H23N3O4.